The van der Waals surface area contributed by atoms with Gasteiger partial charge in [-0.15, -0.1) is 0 Å². The Balaban J connectivity index is 3.31. The molecule has 0 aliphatic rings. The van der Waals surface area contributed by atoms with E-state index >= 15 is 0 Å². The Bertz CT molecular complexity index is 296. The molecule has 0 radical (unpaired) electrons. The van der Waals surface area contributed by atoms with Gasteiger partial charge in [-0.3, -0.25) is 4.79 Å². The van der Waals surface area contributed by atoms with Crippen LogP contribution in [0.1, 0.15) is 10.4 Å². The lowest BCUT2D eigenvalue weighted by Gasteiger charge is -1.99. The number of benzene rings is 1. The number of hydrogen-bond acceptors (Lipinski definition) is 3. The quantitative estimate of drug-likeness (QED) is 0.459. The van der Waals surface area contributed by atoms with E-state index < -0.39 is 0 Å². The Morgan fingerprint density at radius 2 is 1.91 bits per heavy atom. The van der Waals surface area contributed by atoms with Gasteiger partial charge in [0, 0.05) is 0 Å². The lowest BCUT2D eigenvalue weighted by atomic mass is 10.2. The second-order valence-corrected chi connectivity index (χ2v) is 3.14. The average Bonchev–Trinajstić information content (AvgIpc) is 1.97. The van der Waals surface area contributed by atoms with Gasteiger partial charge in [0.25, 0.3) is 0 Å². The van der Waals surface area contributed by atoms with E-state index in [0.29, 0.717) is 9.86 Å². The number of halogens is 1. The average molecular weight is 264 g/mol. The number of carbonyl (C=O) groups excluding carboxylic acids is 1. The Morgan fingerprint density at radius 3 is 2.45 bits per heavy atom. The predicted molar refractivity (Wildman–Crippen MR) is 47.9 cm³/mol. The van der Waals surface area contributed by atoms with Crippen molar-refractivity contribution in [3.05, 3.63) is 21.3 Å². The molecule has 1 aromatic carbocycles. The Labute approximate surface area is 76.8 Å². The van der Waals surface area contributed by atoms with Gasteiger partial charge in [0.1, 0.15) is 11.5 Å². The molecule has 4 heteroatoms. The molecule has 11 heavy (non-hydrogen) atoms. The number of hydrogen-bond donors (Lipinski definition) is 2. The minimum Gasteiger partial charge on any atom is -0.507 e. The van der Waals surface area contributed by atoms with Crippen molar-refractivity contribution in [1.29, 1.82) is 0 Å². The van der Waals surface area contributed by atoms with Crippen LogP contribution in [0.4, 0.5) is 0 Å². The van der Waals surface area contributed by atoms with Crippen molar-refractivity contribution >= 4 is 28.9 Å². The van der Waals surface area contributed by atoms with Gasteiger partial charge in [0.05, 0.1) is 9.13 Å². The molecule has 0 aliphatic carbocycles. The van der Waals surface area contributed by atoms with Crippen LogP contribution in [0, 0.1) is 3.57 Å². The lowest BCUT2D eigenvalue weighted by Crippen LogP contribution is -1.82. The summed E-state index contributed by atoms with van der Waals surface area (Å²) < 4.78 is 0.519. The molecule has 0 unspecified atom stereocenters. The summed E-state index contributed by atoms with van der Waals surface area (Å²) in [6, 6.07) is 2.56. The van der Waals surface area contributed by atoms with E-state index in [2.05, 4.69) is 0 Å². The monoisotopic (exact) mass is 264 g/mol. The first-order chi connectivity index (χ1) is 5.15. The van der Waals surface area contributed by atoms with Gasteiger partial charge in [-0.05, 0) is 34.7 Å². The topological polar surface area (TPSA) is 57.5 Å². The molecule has 0 saturated carbocycles. The maximum absolute atomic E-state index is 10.2. The van der Waals surface area contributed by atoms with Crippen LogP contribution in [-0.2, 0) is 0 Å². The second kappa shape index (κ2) is 3.08. The first-order valence-electron chi connectivity index (χ1n) is 2.82. The van der Waals surface area contributed by atoms with E-state index in [-0.39, 0.29) is 17.1 Å². The van der Waals surface area contributed by atoms with Crippen LogP contribution in [-0.4, -0.2) is 16.5 Å². The summed E-state index contributed by atoms with van der Waals surface area (Å²) in [7, 11) is 0. The standard InChI is InChI=1S/C7H5IO3/c8-5-2-6(10)4(3-9)1-7(5)11/h1-3,10-11H. The van der Waals surface area contributed by atoms with Crippen LogP contribution in [0.2, 0.25) is 0 Å². The molecule has 1 aromatic rings. The largest absolute Gasteiger partial charge is 0.507 e. The molecule has 3 nitrogen and oxygen atoms in total. The zero-order valence-corrected chi connectivity index (χ0v) is 7.57. The molecule has 0 spiro atoms. The lowest BCUT2D eigenvalue weighted by molar-refractivity contribution is 0.112. The molecular weight excluding hydrogens is 259 g/mol. The van der Waals surface area contributed by atoms with Gasteiger partial charge in [-0.1, -0.05) is 0 Å². The van der Waals surface area contributed by atoms with Crippen LogP contribution in [0.3, 0.4) is 0 Å². The molecule has 2 N–H and O–H groups in total. The van der Waals surface area contributed by atoms with Crippen LogP contribution in [0.25, 0.3) is 0 Å². The summed E-state index contributed by atoms with van der Waals surface area (Å²) in [4.78, 5) is 10.2. The maximum Gasteiger partial charge on any atom is 0.153 e. The zero-order valence-electron chi connectivity index (χ0n) is 5.41. The molecule has 58 valence electrons. The van der Waals surface area contributed by atoms with E-state index in [0.717, 1.165) is 0 Å². The molecular formula is C7H5IO3. The highest BCUT2D eigenvalue weighted by atomic mass is 127. The van der Waals surface area contributed by atoms with Gasteiger partial charge < -0.3 is 10.2 Å². The number of aromatic hydroxyl groups is 2. The molecule has 0 bridgehead atoms. The van der Waals surface area contributed by atoms with Crippen molar-refractivity contribution in [2.24, 2.45) is 0 Å². The molecule has 0 amide bonds. The van der Waals surface area contributed by atoms with Crippen LogP contribution in [0.15, 0.2) is 12.1 Å². The number of phenols is 2. The highest BCUT2D eigenvalue weighted by Crippen LogP contribution is 2.26. The zero-order chi connectivity index (χ0) is 8.43. The highest BCUT2D eigenvalue weighted by molar-refractivity contribution is 14.1. The molecule has 0 saturated heterocycles. The minimum atomic E-state index is -0.109. The van der Waals surface area contributed by atoms with Crippen LogP contribution in [0.5, 0.6) is 11.5 Å². The SMILES string of the molecule is O=Cc1cc(O)c(I)cc1O. The van der Waals surface area contributed by atoms with Crippen molar-refractivity contribution in [3.63, 3.8) is 0 Å². The summed E-state index contributed by atoms with van der Waals surface area (Å²) in [6.45, 7) is 0. The maximum atomic E-state index is 10.2. The van der Waals surface area contributed by atoms with Crippen LogP contribution < -0.4 is 0 Å². The molecule has 0 fully saturated rings. The van der Waals surface area contributed by atoms with E-state index in [1.54, 1.807) is 0 Å². The van der Waals surface area contributed by atoms with Gasteiger partial charge in [-0.2, -0.15) is 0 Å². The Morgan fingerprint density at radius 1 is 1.27 bits per heavy atom. The number of aldehydes is 1. The first kappa shape index (κ1) is 8.32. The Hall–Kier alpha value is -0.780. The first-order valence-corrected chi connectivity index (χ1v) is 3.89. The molecule has 0 aliphatic heterocycles. The third kappa shape index (κ3) is 1.62. The highest BCUT2D eigenvalue weighted by Gasteiger charge is 2.04. The van der Waals surface area contributed by atoms with E-state index in [1.165, 1.54) is 12.1 Å². The summed E-state index contributed by atoms with van der Waals surface area (Å²) in [5.41, 5.74) is 0.0999. The fourth-order valence-corrected chi connectivity index (χ4v) is 1.11. The van der Waals surface area contributed by atoms with Crippen molar-refractivity contribution in [3.8, 4) is 11.5 Å². The van der Waals surface area contributed by atoms with Crippen LogP contribution >= 0.6 is 22.6 Å². The predicted octanol–water partition coefficient (Wildman–Crippen LogP) is 1.51. The van der Waals surface area contributed by atoms with Gasteiger partial charge >= 0.3 is 0 Å². The Kier molecular flexibility index (Phi) is 2.33. The molecule has 0 aromatic heterocycles. The van der Waals surface area contributed by atoms with Crippen molar-refractivity contribution in [1.82, 2.24) is 0 Å². The van der Waals surface area contributed by atoms with Gasteiger partial charge in [0.2, 0.25) is 0 Å². The second-order valence-electron chi connectivity index (χ2n) is 1.98. The van der Waals surface area contributed by atoms with Gasteiger partial charge in [0.15, 0.2) is 6.29 Å². The number of carbonyl (C=O) groups is 1. The van der Waals surface area contributed by atoms with E-state index in [4.69, 9.17) is 10.2 Å². The smallest absolute Gasteiger partial charge is 0.153 e. The fraction of sp³-hybridized carbons (Fsp3) is 0. The van der Waals surface area contributed by atoms with Gasteiger partial charge in [-0.25, -0.2) is 0 Å². The van der Waals surface area contributed by atoms with Crippen molar-refractivity contribution < 1.29 is 15.0 Å². The van der Waals surface area contributed by atoms with E-state index in [1.807, 2.05) is 22.6 Å². The summed E-state index contributed by atoms with van der Waals surface area (Å²) in [5.74, 6) is -0.104. The molecule has 1 rings (SSSR count). The summed E-state index contributed by atoms with van der Waals surface area (Å²) in [6.07, 6.45) is 0.491. The number of phenolic OH excluding ortho intramolecular Hbond substituents is 2. The fourth-order valence-electron chi connectivity index (χ4n) is 0.662. The molecule has 0 atom stereocenters. The normalized spacial score (nSPS) is 9.55. The third-order valence-electron chi connectivity index (χ3n) is 1.22. The van der Waals surface area contributed by atoms with Crippen molar-refractivity contribution in [2.75, 3.05) is 0 Å². The van der Waals surface area contributed by atoms with Crippen molar-refractivity contribution in [2.45, 2.75) is 0 Å². The minimum absolute atomic E-state index is 0.00509. The number of rotatable bonds is 1. The summed E-state index contributed by atoms with van der Waals surface area (Å²) in [5, 5.41) is 18.1. The third-order valence-corrected chi connectivity index (χ3v) is 2.09. The summed E-state index contributed by atoms with van der Waals surface area (Å²) >= 11 is 1.86. The molecule has 0 heterocycles. The van der Waals surface area contributed by atoms with E-state index in [9.17, 15) is 4.79 Å².